The van der Waals surface area contributed by atoms with E-state index in [2.05, 4.69) is 24.2 Å². The highest BCUT2D eigenvalue weighted by molar-refractivity contribution is 5.91. The zero-order valence-corrected chi connectivity index (χ0v) is 14.9. The van der Waals surface area contributed by atoms with Gasteiger partial charge in [0.05, 0.1) is 5.69 Å². The molecule has 0 aliphatic heterocycles. The number of amides is 1. The first-order chi connectivity index (χ1) is 12.5. The third-order valence-corrected chi connectivity index (χ3v) is 4.33. The fraction of sp³-hybridized carbons (Fsp3) is 0.238. The Bertz CT molecular complexity index is 859. The van der Waals surface area contributed by atoms with Gasteiger partial charge >= 0.3 is 0 Å². The lowest BCUT2D eigenvalue weighted by Gasteiger charge is -2.15. The topological polar surface area (TPSA) is 46.3 Å². The monoisotopic (exact) mass is 352 g/mol. The number of carbonyl (C=O) groups is 1. The molecule has 0 N–H and O–H groups in total. The minimum absolute atomic E-state index is 0.213. The number of nitrogens with zero attached hydrogens (tertiary/aromatic N) is 2. The maximum absolute atomic E-state index is 13.0. The predicted molar refractivity (Wildman–Crippen MR) is 97.3 cm³/mol. The van der Waals surface area contributed by atoms with Crippen LogP contribution in [0.25, 0.3) is 0 Å². The Hall–Kier alpha value is -2.95. The van der Waals surface area contributed by atoms with Gasteiger partial charge in [-0.05, 0) is 35.6 Å². The van der Waals surface area contributed by atoms with E-state index in [4.69, 9.17) is 4.52 Å². The maximum Gasteiger partial charge on any atom is 0.292 e. The lowest BCUT2D eigenvalue weighted by Crippen LogP contribution is -2.25. The summed E-state index contributed by atoms with van der Waals surface area (Å²) in [6.07, 6.45) is 0.697. The molecule has 0 unspecified atom stereocenters. The van der Waals surface area contributed by atoms with E-state index < -0.39 is 0 Å². The van der Waals surface area contributed by atoms with Gasteiger partial charge in [-0.1, -0.05) is 54.5 Å². The van der Waals surface area contributed by atoms with Crippen LogP contribution in [0, 0.1) is 5.82 Å². The van der Waals surface area contributed by atoms with Crippen LogP contribution in [0.3, 0.4) is 0 Å². The van der Waals surface area contributed by atoms with Crippen LogP contribution in [0.5, 0.6) is 0 Å². The van der Waals surface area contributed by atoms with Crippen molar-refractivity contribution < 1.29 is 13.7 Å². The summed E-state index contributed by atoms with van der Waals surface area (Å²) in [7, 11) is 1.68. The zero-order chi connectivity index (χ0) is 18.5. The van der Waals surface area contributed by atoms with Gasteiger partial charge in [0.15, 0.2) is 0 Å². The number of aromatic nitrogens is 1. The van der Waals surface area contributed by atoms with Crippen molar-refractivity contribution >= 4 is 5.91 Å². The molecular weight excluding hydrogens is 331 g/mol. The van der Waals surface area contributed by atoms with Crippen molar-refractivity contribution in [3.8, 4) is 0 Å². The minimum Gasteiger partial charge on any atom is -0.351 e. The van der Waals surface area contributed by atoms with Crippen molar-refractivity contribution in [3.05, 3.63) is 89.1 Å². The van der Waals surface area contributed by atoms with Gasteiger partial charge in [0, 0.05) is 19.7 Å². The second-order valence-electron chi connectivity index (χ2n) is 6.49. The van der Waals surface area contributed by atoms with Crippen LogP contribution in [0.1, 0.15) is 40.2 Å². The van der Waals surface area contributed by atoms with Gasteiger partial charge in [-0.2, -0.15) is 0 Å². The number of rotatable bonds is 6. The quantitative estimate of drug-likeness (QED) is 0.659. The third-order valence-electron chi connectivity index (χ3n) is 4.33. The molecule has 5 heteroatoms. The van der Waals surface area contributed by atoms with E-state index >= 15 is 0 Å². The van der Waals surface area contributed by atoms with Crippen molar-refractivity contribution in [2.45, 2.75) is 25.8 Å². The largest absolute Gasteiger partial charge is 0.351 e. The van der Waals surface area contributed by atoms with Crippen LogP contribution in [0.4, 0.5) is 4.39 Å². The molecule has 0 aliphatic rings. The molecular formula is C21H21FN2O2. The Morgan fingerprint density at radius 2 is 1.85 bits per heavy atom. The first kappa shape index (κ1) is 17.9. The Balaban J connectivity index is 1.63. The van der Waals surface area contributed by atoms with Crippen LogP contribution in [-0.2, 0) is 13.0 Å². The highest BCUT2D eigenvalue weighted by atomic mass is 19.1. The molecule has 1 heterocycles. The van der Waals surface area contributed by atoms with Gasteiger partial charge in [0.1, 0.15) is 5.82 Å². The van der Waals surface area contributed by atoms with E-state index in [0.717, 1.165) is 11.3 Å². The minimum atomic E-state index is -0.296. The highest BCUT2D eigenvalue weighted by Crippen LogP contribution is 2.20. The summed E-state index contributed by atoms with van der Waals surface area (Å²) >= 11 is 0. The first-order valence-electron chi connectivity index (χ1n) is 8.53. The summed E-state index contributed by atoms with van der Waals surface area (Å²) in [6, 6.07) is 17.9. The Morgan fingerprint density at radius 3 is 2.54 bits per heavy atom. The average molecular weight is 352 g/mol. The van der Waals surface area contributed by atoms with Crippen LogP contribution in [0.2, 0.25) is 0 Å². The maximum atomic E-state index is 13.0. The second-order valence-corrected chi connectivity index (χ2v) is 6.49. The summed E-state index contributed by atoms with van der Waals surface area (Å²) in [4.78, 5) is 14.0. The molecule has 0 aliphatic carbocycles. The van der Waals surface area contributed by atoms with Crippen molar-refractivity contribution in [3.63, 3.8) is 0 Å². The SMILES string of the molecule is C[C@H](Cc1cc(C(=O)N(C)Cc2ccc(F)cc2)on1)c1ccccc1. The molecule has 26 heavy (non-hydrogen) atoms. The number of hydrogen-bond donors (Lipinski definition) is 0. The zero-order valence-electron chi connectivity index (χ0n) is 14.9. The van der Waals surface area contributed by atoms with E-state index in [0.29, 0.717) is 13.0 Å². The van der Waals surface area contributed by atoms with Gasteiger partial charge in [-0.25, -0.2) is 4.39 Å². The van der Waals surface area contributed by atoms with E-state index in [9.17, 15) is 9.18 Å². The summed E-state index contributed by atoms with van der Waals surface area (Å²) in [5, 5.41) is 4.03. The lowest BCUT2D eigenvalue weighted by molar-refractivity contribution is 0.0743. The Labute approximate surface area is 152 Å². The molecule has 0 saturated heterocycles. The highest BCUT2D eigenvalue weighted by Gasteiger charge is 2.19. The number of halogens is 1. The summed E-state index contributed by atoms with van der Waals surface area (Å²) in [6.45, 7) is 2.49. The standard InChI is InChI=1S/C21H21FN2O2/c1-15(17-6-4-3-5-7-17)12-19-13-20(26-23-19)21(25)24(2)14-16-8-10-18(22)11-9-16/h3-11,13,15H,12,14H2,1-2H3/t15-/m1/s1. The molecule has 4 nitrogen and oxygen atoms in total. The van der Waals surface area contributed by atoms with Crippen LogP contribution >= 0.6 is 0 Å². The van der Waals surface area contributed by atoms with E-state index in [1.807, 2.05) is 18.2 Å². The molecule has 0 spiro atoms. The van der Waals surface area contributed by atoms with E-state index in [1.54, 1.807) is 25.2 Å². The lowest BCUT2D eigenvalue weighted by atomic mass is 9.96. The number of carbonyl (C=O) groups excluding carboxylic acids is 1. The molecule has 0 radical (unpaired) electrons. The Morgan fingerprint density at radius 1 is 1.15 bits per heavy atom. The van der Waals surface area contributed by atoms with Crippen LogP contribution in [0.15, 0.2) is 65.2 Å². The fourth-order valence-corrected chi connectivity index (χ4v) is 2.85. The smallest absolute Gasteiger partial charge is 0.292 e. The molecule has 2 aromatic carbocycles. The molecule has 134 valence electrons. The van der Waals surface area contributed by atoms with Crippen molar-refractivity contribution in [1.82, 2.24) is 10.1 Å². The van der Waals surface area contributed by atoms with Crippen molar-refractivity contribution in [2.75, 3.05) is 7.05 Å². The molecule has 1 amide bonds. The van der Waals surface area contributed by atoms with Crippen molar-refractivity contribution in [1.29, 1.82) is 0 Å². The average Bonchev–Trinajstić information content (AvgIpc) is 3.12. The molecule has 0 bridgehead atoms. The van der Waals surface area contributed by atoms with Gasteiger partial charge in [0.25, 0.3) is 5.91 Å². The molecule has 0 saturated carbocycles. The number of benzene rings is 2. The molecule has 3 rings (SSSR count). The van der Waals surface area contributed by atoms with Crippen LogP contribution in [-0.4, -0.2) is 23.0 Å². The summed E-state index contributed by atoms with van der Waals surface area (Å²) in [5.41, 5.74) is 2.82. The normalized spacial score (nSPS) is 12.0. The molecule has 1 aromatic heterocycles. The predicted octanol–water partition coefficient (Wildman–Crippen LogP) is 4.43. The van der Waals surface area contributed by atoms with Crippen LogP contribution < -0.4 is 0 Å². The first-order valence-corrected chi connectivity index (χ1v) is 8.53. The van der Waals surface area contributed by atoms with Gasteiger partial charge in [-0.3, -0.25) is 4.79 Å². The Kier molecular flexibility index (Phi) is 5.46. The third kappa shape index (κ3) is 4.36. The van der Waals surface area contributed by atoms with E-state index in [1.165, 1.54) is 22.6 Å². The molecule has 3 aromatic rings. The molecule has 0 fully saturated rings. The van der Waals surface area contributed by atoms with Gasteiger partial charge in [-0.15, -0.1) is 0 Å². The molecule has 1 atom stereocenters. The number of hydrogen-bond acceptors (Lipinski definition) is 3. The fourth-order valence-electron chi connectivity index (χ4n) is 2.85. The summed E-state index contributed by atoms with van der Waals surface area (Å²) in [5.74, 6) is -0.0540. The van der Waals surface area contributed by atoms with Gasteiger partial charge in [0.2, 0.25) is 5.76 Å². The van der Waals surface area contributed by atoms with E-state index in [-0.39, 0.29) is 23.4 Å². The summed E-state index contributed by atoms with van der Waals surface area (Å²) < 4.78 is 18.2. The second kappa shape index (κ2) is 7.95. The van der Waals surface area contributed by atoms with Crippen molar-refractivity contribution in [2.24, 2.45) is 0 Å². The van der Waals surface area contributed by atoms with Gasteiger partial charge < -0.3 is 9.42 Å².